The van der Waals surface area contributed by atoms with Gasteiger partial charge in [-0.15, -0.1) is 0 Å². The highest BCUT2D eigenvalue weighted by Crippen LogP contribution is 2.32. The van der Waals surface area contributed by atoms with Crippen LogP contribution in [0.4, 0.5) is 5.13 Å². The minimum atomic E-state index is -3.93. The number of rotatable bonds is 7. The van der Waals surface area contributed by atoms with Gasteiger partial charge < -0.3 is 5.32 Å². The van der Waals surface area contributed by atoms with Gasteiger partial charge in [0.25, 0.3) is 10.0 Å². The number of anilines is 1. The lowest BCUT2D eigenvalue weighted by molar-refractivity contribution is -0.120. The van der Waals surface area contributed by atoms with E-state index in [9.17, 15) is 13.2 Å². The number of carbonyl (C=O) groups excluding carboxylic acids is 1. The van der Waals surface area contributed by atoms with E-state index in [-0.39, 0.29) is 34.4 Å². The lowest BCUT2D eigenvalue weighted by atomic mass is 10.1. The molecule has 6 nitrogen and oxygen atoms in total. The van der Waals surface area contributed by atoms with Crippen LogP contribution in [0.2, 0.25) is 0 Å². The Morgan fingerprint density at radius 2 is 1.71 bits per heavy atom. The molecular weight excluding hydrogens is 394 g/mol. The second-order valence-electron chi connectivity index (χ2n) is 6.89. The van der Waals surface area contributed by atoms with Gasteiger partial charge in [0.15, 0.2) is 0 Å². The van der Waals surface area contributed by atoms with Crippen molar-refractivity contribution in [2.75, 3.05) is 10.8 Å². The van der Waals surface area contributed by atoms with E-state index >= 15 is 0 Å². The van der Waals surface area contributed by atoms with E-state index < -0.39 is 10.0 Å². The summed E-state index contributed by atoms with van der Waals surface area (Å²) in [7, 11) is -3.93. The number of sulfonamides is 1. The molecule has 3 rings (SSSR count). The highest BCUT2D eigenvalue weighted by atomic mass is 32.2. The standard InChI is InChI=1S/C20H23N3O3S2/c1-14(2)15(3)21-19(24)13-23(28(25,26)16-9-5-4-6-10-16)20-22-17-11-7-8-12-18(17)27-20/h4-12,14-15H,13H2,1-3H3,(H,21,24)/t15-/m0/s1. The largest absolute Gasteiger partial charge is 0.352 e. The predicted molar refractivity (Wildman–Crippen MR) is 113 cm³/mol. The summed E-state index contributed by atoms with van der Waals surface area (Å²) < 4.78 is 28.5. The minimum Gasteiger partial charge on any atom is -0.352 e. The molecule has 1 amide bonds. The minimum absolute atomic E-state index is 0.0656. The molecule has 1 atom stereocenters. The smallest absolute Gasteiger partial charge is 0.266 e. The molecule has 0 aliphatic heterocycles. The van der Waals surface area contributed by atoms with Gasteiger partial charge in [-0.2, -0.15) is 0 Å². The number of carbonyl (C=O) groups is 1. The molecule has 1 heterocycles. The zero-order chi connectivity index (χ0) is 20.3. The molecule has 0 aliphatic carbocycles. The fourth-order valence-corrected chi connectivity index (χ4v) is 5.11. The molecule has 0 radical (unpaired) electrons. The molecule has 0 fully saturated rings. The third kappa shape index (κ3) is 4.34. The summed E-state index contributed by atoms with van der Waals surface area (Å²) >= 11 is 1.25. The summed E-state index contributed by atoms with van der Waals surface area (Å²) in [6.45, 7) is 5.57. The van der Waals surface area contributed by atoms with E-state index in [1.165, 1.54) is 23.5 Å². The summed E-state index contributed by atoms with van der Waals surface area (Å²) in [6.07, 6.45) is 0. The molecule has 0 saturated heterocycles. The maximum Gasteiger partial charge on any atom is 0.266 e. The van der Waals surface area contributed by atoms with Crippen molar-refractivity contribution in [1.29, 1.82) is 0 Å². The molecule has 28 heavy (non-hydrogen) atoms. The first-order valence-electron chi connectivity index (χ1n) is 9.02. The number of fused-ring (bicyclic) bond motifs is 1. The summed E-state index contributed by atoms with van der Waals surface area (Å²) in [4.78, 5) is 17.2. The zero-order valence-corrected chi connectivity index (χ0v) is 17.6. The van der Waals surface area contributed by atoms with Crippen LogP contribution in [0.5, 0.6) is 0 Å². The normalized spacial score (nSPS) is 12.9. The van der Waals surface area contributed by atoms with Gasteiger partial charge in [-0.3, -0.25) is 4.79 Å². The monoisotopic (exact) mass is 417 g/mol. The number of amides is 1. The van der Waals surface area contributed by atoms with Gasteiger partial charge in [-0.1, -0.05) is 55.5 Å². The highest BCUT2D eigenvalue weighted by Gasteiger charge is 2.30. The molecule has 0 bridgehead atoms. The molecular formula is C20H23N3O3S2. The van der Waals surface area contributed by atoms with Gasteiger partial charge in [-0.25, -0.2) is 17.7 Å². The van der Waals surface area contributed by atoms with Crippen molar-refractivity contribution in [2.24, 2.45) is 5.92 Å². The van der Waals surface area contributed by atoms with E-state index in [0.29, 0.717) is 5.52 Å². The molecule has 1 N–H and O–H groups in total. The van der Waals surface area contributed by atoms with Gasteiger partial charge in [0.2, 0.25) is 11.0 Å². The Labute approximate surface area is 169 Å². The van der Waals surface area contributed by atoms with Gasteiger partial charge >= 0.3 is 0 Å². The molecule has 148 valence electrons. The van der Waals surface area contributed by atoms with E-state index in [1.54, 1.807) is 18.2 Å². The topological polar surface area (TPSA) is 79.4 Å². The van der Waals surface area contributed by atoms with Crippen LogP contribution in [0.1, 0.15) is 20.8 Å². The number of benzene rings is 2. The van der Waals surface area contributed by atoms with E-state index in [1.807, 2.05) is 45.0 Å². The first kappa shape index (κ1) is 20.3. The molecule has 8 heteroatoms. The number of aromatic nitrogens is 1. The number of hydrogen-bond donors (Lipinski definition) is 1. The Bertz CT molecular complexity index is 1030. The molecule has 0 spiro atoms. The molecule has 0 aliphatic rings. The number of nitrogens with zero attached hydrogens (tertiary/aromatic N) is 2. The molecule has 0 unspecified atom stereocenters. The van der Waals surface area contributed by atoms with Crippen LogP contribution >= 0.6 is 11.3 Å². The second kappa shape index (κ2) is 8.28. The van der Waals surface area contributed by atoms with Crippen LogP contribution < -0.4 is 9.62 Å². The quantitative estimate of drug-likeness (QED) is 0.636. The second-order valence-corrected chi connectivity index (χ2v) is 9.76. The van der Waals surface area contributed by atoms with Crippen molar-refractivity contribution in [3.63, 3.8) is 0 Å². The molecule has 3 aromatic rings. The Morgan fingerprint density at radius 3 is 2.36 bits per heavy atom. The Hall–Kier alpha value is -2.45. The lowest BCUT2D eigenvalue weighted by Gasteiger charge is -2.23. The van der Waals surface area contributed by atoms with Crippen molar-refractivity contribution < 1.29 is 13.2 Å². The number of nitrogens with one attached hydrogen (secondary N) is 1. The van der Waals surface area contributed by atoms with Crippen molar-refractivity contribution in [1.82, 2.24) is 10.3 Å². The van der Waals surface area contributed by atoms with Crippen LogP contribution in [0.15, 0.2) is 59.5 Å². The van der Waals surface area contributed by atoms with E-state index in [0.717, 1.165) is 9.01 Å². The summed E-state index contributed by atoms with van der Waals surface area (Å²) in [5.41, 5.74) is 0.701. The van der Waals surface area contributed by atoms with Crippen molar-refractivity contribution in [3.8, 4) is 0 Å². The summed E-state index contributed by atoms with van der Waals surface area (Å²) in [6, 6.07) is 15.5. The maximum atomic E-state index is 13.3. The van der Waals surface area contributed by atoms with Gasteiger partial charge in [0.1, 0.15) is 6.54 Å². The average Bonchev–Trinajstić information content (AvgIpc) is 3.10. The number of para-hydroxylation sites is 1. The lowest BCUT2D eigenvalue weighted by Crippen LogP contribution is -2.44. The highest BCUT2D eigenvalue weighted by molar-refractivity contribution is 7.93. The van der Waals surface area contributed by atoms with Gasteiger partial charge in [-0.05, 0) is 37.1 Å². The number of thiazole rings is 1. The van der Waals surface area contributed by atoms with Crippen LogP contribution in [0.3, 0.4) is 0 Å². The summed E-state index contributed by atoms with van der Waals surface area (Å²) in [5, 5.41) is 3.14. The van der Waals surface area contributed by atoms with E-state index in [2.05, 4.69) is 10.3 Å². The Kier molecular flexibility index (Phi) is 6.00. The van der Waals surface area contributed by atoms with E-state index in [4.69, 9.17) is 0 Å². The van der Waals surface area contributed by atoms with Crippen molar-refractivity contribution in [2.45, 2.75) is 31.7 Å². The van der Waals surface area contributed by atoms with Crippen LogP contribution in [-0.2, 0) is 14.8 Å². The first-order valence-corrected chi connectivity index (χ1v) is 11.3. The molecule has 0 saturated carbocycles. The number of hydrogen-bond acceptors (Lipinski definition) is 5. The first-order chi connectivity index (χ1) is 13.3. The Balaban J connectivity index is 2.00. The van der Waals surface area contributed by atoms with Gasteiger partial charge in [0, 0.05) is 6.04 Å². The van der Waals surface area contributed by atoms with Gasteiger partial charge in [0.05, 0.1) is 15.1 Å². The maximum absolute atomic E-state index is 13.3. The van der Waals surface area contributed by atoms with Crippen molar-refractivity contribution >= 4 is 42.6 Å². The van der Waals surface area contributed by atoms with Crippen LogP contribution in [0, 0.1) is 5.92 Å². The van der Waals surface area contributed by atoms with Crippen molar-refractivity contribution in [3.05, 3.63) is 54.6 Å². The third-order valence-electron chi connectivity index (χ3n) is 4.50. The fourth-order valence-electron chi connectivity index (χ4n) is 2.54. The zero-order valence-electron chi connectivity index (χ0n) is 16.0. The summed E-state index contributed by atoms with van der Waals surface area (Å²) in [5.74, 6) is -0.120. The fraction of sp³-hybridized carbons (Fsp3) is 0.300. The third-order valence-corrected chi connectivity index (χ3v) is 7.43. The molecule has 2 aromatic carbocycles. The molecule has 1 aromatic heterocycles. The Morgan fingerprint density at radius 1 is 1.07 bits per heavy atom. The SMILES string of the molecule is CC(C)[C@H](C)NC(=O)CN(c1nc2ccccc2s1)S(=O)(=O)c1ccccc1. The predicted octanol–water partition coefficient (Wildman–Crippen LogP) is 3.65. The average molecular weight is 418 g/mol. The van der Waals surface area contributed by atoms with Crippen LogP contribution in [0.25, 0.3) is 10.2 Å². The van der Waals surface area contributed by atoms with Crippen LogP contribution in [-0.4, -0.2) is 31.9 Å².